The van der Waals surface area contributed by atoms with Crippen LogP contribution in [0, 0.1) is 0 Å². The van der Waals surface area contributed by atoms with Crippen molar-refractivity contribution in [1.29, 1.82) is 0 Å². The second-order valence-corrected chi connectivity index (χ2v) is 5.82. The summed E-state index contributed by atoms with van der Waals surface area (Å²) in [6, 6.07) is 14.5. The van der Waals surface area contributed by atoms with Crippen molar-refractivity contribution in [3.05, 3.63) is 88.7 Å². The molecule has 0 aliphatic heterocycles. The first-order chi connectivity index (χ1) is 12.7. The molecule has 0 saturated heterocycles. The van der Waals surface area contributed by atoms with E-state index in [0.29, 0.717) is 23.1 Å². The van der Waals surface area contributed by atoms with Crippen molar-refractivity contribution in [2.45, 2.75) is 6.54 Å². The number of para-hydroxylation sites is 1. The van der Waals surface area contributed by atoms with E-state index < -0.39 is 5.91 Å². The van der Waals surface area contributed by atoms with Crippen LogP contribution in [0.2, 0.25) is 0 Å². The van der Waals surface area contributed by atoms with Gasteiger partial charge in [-0.3, -0.25) is 9.59 Å². The molecule has 0 saturated carbocycles. The predicted octanol–water partition coefficient (Wildman–Crippen LogP) is 2.42. The molecule has 4 aromatic rings. The van der Waals surface area contributed by atoms with E-state index in [-0.39, 0.29) is 11.0 Å². The molecule has 0 aliphatic carbocycles. The molecule has 0 fully saturated rings. The summed E-state index contributed by atoms with van der Waals surface area (Å²) in [6.07, 6.45) is 4.57. The zero-order valence-corrected chi connectivity index (χ0v) is 13.7. The SMILES string of the molecule is O=C(Nc1ccc(Cn2cncn2)cc1)c1c[nH]c2ccccc2c1=O. The predicted molar refractivity (Wildman–Crippen MR) is 98.1 cm³/mol. The van der Waals surface area contributed by atoms with Crippen LogP contribution in [0.5, 0.6) is 0 Å². The van der Waals surface area contributed by atoms with Gasteiger partial charge in [-0.25, -0.2) is 9.67 Å². The first-order valence-corrected chi connectivity index (χ1v) is 8.04. The fourth-order valence-electron chi connectivity index (χ4n) is 2.73. The second-order valence-electron chi connectivity index (χ2n) is 5.82. The summed E-state index contributed by atoms with van der Waals surface area (Å²) in [4.78, 5) is 31.8. The summed E-state index contributed by atoms with van der Waals surface area (Å²) >= 11 is 0. The number of nitrogens with zero attached hydrogens (tertiary/aromatic N) is 3. The molecular weight excluding hydrogens is 330 g/mol. The summed E-state index contributed by atoms with van der Waals surface area (Å²) < 4.78 is 1.71. The van der Waals surface area contributed by atoms with E-state index in [9.17, 15) is 9.59 Å². The average molecular weight is 345 g/mol. The van der Waals surface area contributed by atoms with E-state index in [0.717, 1.165) is 5.56 Å². The smallest absolute Gasteiger partial charge is 0.261 e. The van der Waals surface area contributed by atoms with E-state index in [1.54, 1.807) is 41.3 Å². The fraction of sp³-hybridized carbons (Fsp3) is 0.0526. The summed E-state index contributed by atoms with van der Waals surface area (Å²) in [5.41, 5.74) is 2.13. The highest BCUT2D eigenvalue weighted by molar-refractivity contribution is 6.05. The highest BCUT2D eigenvalue weighted by atomic mass is 16.2. The number of aromatic amines is 1. The van der Waals surface area contributed by atoms with E-state index in [4.69, 9.17) is 0 Å². The van der Waals surface area contributed by atoms with Crippen molar-refractivity contribution in [2.24, 2.45) is 0 Å². The molecule has 0 spiro atoms. The molecule has 1 amide bonds. The Labute approximate surface area is 148 Å². The molecule has 0 aliphatic rings. The number of anilines is 1. The maximum Gasteiger partial charge on any atom is 0.261 e. The number of hydrogen-bond donors (Lipinski definition) is 2. The van der Waals surface area contributed by atoms with Gasteiger partial charge >= 0.3 is 0 Å². The van der Waals surface area contributed by atoms with Gasteiger partial charge < -0.3 is 10.3 Å². The van der Waals surface area contributed by atoms with Crippen molar-refractivity contribution < 1.29 is 4.79 Å². The highest BCUT2D eigenvalue weighted by Crippen LogP contribution is 2.12. The van der Waals surface area contributed by atoms with Crippen molar-refractivity contribution in [2.75, 3.05) is 5.32 Å². The Morgan fingerprint density at radius 1 is 1.12 bits per heavy atom. The third-order valence-electron chi connectivity index (χ3n) is 4.06. The average Bonchev–Trinajstić information content (AvgIpc) is 3.17. The minimum atomic E-state index is -0.443. The van der Waals surface area contributed by atoms with Gasteiger partial charge in [0, 0.05) is 22.8 Å². The first kappa shape index (κ1) is 15.8. The molecule has 2 heterocycles. The summed E-state index contributed by atoms with van der Waals surface area (Å²) in [5, 5.41) is 7.30. The number of amides is 1. The highest BCUT2D eigenvalue weighted by Gasteiger charge is 2.13. The zero-order valence-electron chi connectivity index (χ0n) is 13.7. The van der Waals surface area contributed by atoms with Crippen molar-refractivity contribution >= 4 is 22.5 Å². The molecule has 2 aromatic heterocycles. The maximum atomic E-state index is 12.5. The monoisotopic (exact) mass is 345 g/mol. The van der Waals surface area contributed by atoms with Crippen LogP contribution in [0.1, 0.15) is 15.9 Å². The molecule has 26 heavy (non-hydrogen) atoms. The Morgan fingerprint density at radius 2 is 1.92 bits per heavy atom. The molecule has 0 bridgehead atoms. The lowest BCUT2D eigenvalue weighted by Gasteiger charge is -2.07. The summed E-state index contributed by atoms with van der Waals surface area (Å²) in [7, 11) is 0. The molecule has 0 atom stereocenters. The molecule has 7 nitrogen and oxygen atoms in total. The Kier molecular flexibility index (Phi) is 4.03. The largest absolute Gasteiger partial charge is 0.360 e. The van der Waals surface area contributed by atoms with Gasteiger partial charge in [0.05, 0.1) is 6.54 Å². The topological polar surface area (TPSA) is 92.7 Å². The van der Waals surface area contributed by atoms with Crippen LogP contribution in [-0.2, 0) is 6.54 Å². The fourth-order valence-corrected chi connectivity index (χ4v) is 2.73. The number of benzene rings is 2. The molecule has 0 radical (unpaired) electrons. The van der Waals surface area contributed by atoms with Crippen molar-refractivity contribution in [3.63, 3.8) is 0 Å². The van der Waals surface area contributed by atoms with Gasteiger partial charge in [-0.2, -0.15) is 5.10 Å². The normalized spacial score (nSPS) is 10.8. The van der Waals surface area contributed by atoms with Gasteiger partial charge in [-0.15, -0.1) is 0 Å². The number of aromatic nitrogens is 4. The number of carbonyl (C=O) groups excluding carboxylic acids is 1. The molecule has 2 N–H and O–H groups in total. The molecular formula is C19H15N5O2. The Morgan fingerprint density at radius 3 is 2.69 bits per heavy atom. The van der Waals surface area contributed by atoms with Crippen LogP contribution in [0.4, 0.5) is 5.69 Å². The van der Waals surface area contributed by atoms with Crippen molar-refractivity contribution in [3.8, 4) is 0 Å². The second kappa shape index (κ2) is 6.64. The van der Waals surface area contributed by atoms with Gasteiger partial charge in [0.2, 0.25) is 5.43 Å². The number of carbonyl (C=O) groups is 1. The van der Waals surface area contributed by atoms with Gasteiger partial charge in [0.15, 0.2) is 0 Å². The quantitative estimate of drug-likeness (QED) is 0.594. The Hall–Kier alpha value is -3.74. The lowest BCUT2D eigenvalue weighted by molar-refractivity contribution is 0.102. The zero-order chi connectivity index (χ0) is 17.9. The number of hydrogen-bond acceptors (Lipinski definition) is 4. The number of H-pyrrole nitrogens is 1. The third-order valence-corrected chi connectivity index (χ3v) is 4.06. The molecule has 2 aromatic carbocycles. The number of nitrogens with one attached hydrogen (secondary N) is 2. The van der Waals surface area contributed by atoms with E-state index in [2.05, 4.69) is 20.4 Å². The number of pyridine rings is 1. The van der Waals surface area contributed by atoms with Crippen LogP contribution in [-0.4, -0.2) is 25.7 Å². The Balaban J connectivity index is 1.53. The van der Waals surface area contributed by atoms with Gasteiger partial charge in [-0.1, -0.05) is 24.3 Å². The van der Waals surface area contributed by atoms with Gasteiger partial charge in [0.25, 0.3) is 5.91 Å². The Bertz CT molecular complexity index is 1110. The van der Waals surface area contributed by atoms with Crippen LogP contribution >= 0.6 is 0 Å². The van der Waals surface area contributed by atoms with Crippen LogP contribution in [0.3, 0.4) is 0 Å². The minimum Gasteiger partial charge on any atom is -0.360 e. The van der Waals surface area contributed by atoms with Crippen LogP contribution in [0.15, 0.2) is 72.2 Å². The lowest BCUT2D eigenvalue weighted by atomic mass is 10.1. The molecule has 0 unspecified atom stereocenters. The summed E-state index contributed by atoms with van der Waals surface area (Å²) in [6.45, 7) is 0.596. The van der Waals surface area contributed by atoms with Crippen molar-refractivity contribution in [1.82, 2.24) is 19.7 Å². The molecule has 4 rings (SSSR count). The molecule has 128 valence electrons. The standard InChI is InChI=1S/C19H15N5O2/c25-18-15-3-1-2-4-17(15)21-9-16(18)19(26)23-14-7-5-13(6-8-14)10-24-12-20-11-22-24/h1-9,11-12H,10H2,(H,21,25)(H,23,26). The lowest BCUT2D eigenvalue weighted by Crippen LogP contribution is -2.21. The third kappa shape index (κ3) is 3.10. The summed E-state index contributed by atoms with van der Waals surface area (Å²) in [5.74, 6) is -0.443. The van der Waals surface area contributed by atoms with E-state index in [1.165, 1.54) is 12.5 Å². The van der Waals surface area contributed by atoms with Crippen LogP contribution in [0.25, 0.3) is 10.9 Å². The van der Waals surface area contributed by atoms with Crippen LogP contribution < -0.4 is 10.7 Å². The van der Waals surface area contributed by atoms with Gasteiger partial charge in [0.1, 0.15) is 18.2 Å². The van der Waals surface area contributed by atoms with E-state index >= 15 is 0 Å². The van der Waals surface area contributed by atoms with E-state index in [1.807, 2.05) is 18.2 Å². The molecule has 7 heteroatoms. The number of rotatable bonds is 4. The van der Waals surface area contributed by atoms with Gasteiger partial charge in [-0.05, 0) is 29.8 Å². The first-order valence-electron chi connectivity index (χ1n) is 8.04. The number of fused-ring (bicyclic) bond motifs is 1. The minimum absolute atomic E-state index is 0.0791. The maximum absolute atomic E-state index is 12.5.